The zero-order valence-corrected chi connectivity index (χ0v) is 12.0. The quantitative estimate of drug-likeness (QED) is 0.821. The maximum Gasteiger partial charge on any atom is 0.133 e. The first kappa shape index (κ1) is 14.3. The first-order chi connectivity index (χ1) is 9.20. The van der Waals surface area contributed by atoms with Crippen LogP contribution in [0.3, 0.4) is 0 Å². The minimum atomic E-state index is 0.294. The van der Waals surface area contributed by atoms with Crippen molar-refractivity contribution in [3.8, 4) is 0 Å². The van der Waals surface area contributed by atoms with Crippen LogP contribution in [-0.2, 0) is 6.54 Å². The largest absolute Gasteiger partial charge is 0.396 e. The van der Waals surface area contributed by atoms with E-state index in [4.69, 9.17) is 5.11 Å². The van der Waals surface area contributed by atoms with Gasteiger partial charge in [-0.05, 0) is 24.8 Å². The van der Waals surface area contributed by atoms with E-state index in [1.165, 1.54) is 5.56 Å². The van der Waals surface area contributed by atoms with Gasteiger partial charge in [0.05, 0.1) is 0 Å². The molecule has 1 unspecified atom stereocenters. The Kier molecular flexibility index (Phi) is 5.16. The van der Waals surface area contributed by atoms with Gasteiger partial charge in [-0.1, -0.05) is 19.9 Å². The highest BCUT2D eigenvalue weighted by Crippen LogP contribution is 2.26. The number of anilines is 1. The van der Waals surface area contributed by atoms with Crippen LogP contribution in [0.1, 0.15) is 32.3 Å². The summed E-state index contributed by atoms with van der Waals surface area (Å²) in [6.07, 6.45) is 3.94. The summed E-state index contributed by atoms with van der Waals surface area (Å²) < 4.78 is 0. The van der Waals surface area contributed by atoms with Crippen molar-refractivity contribution in [1.29, 1.82) is 0 Å². The van der Waals surface area contributed by atoms with Gasteiger partial charge >= 0.3 is 0 Å². The number of aliphatic hydroxyl groups excluding tert-OH is 1. The molecule has 1 aliphatic rings. The summed E-state index contributed by atoms with van der Waals surface area (Å²) in [6.45, 7) is 7.54. The normalized spacial score (nSPS) is 19.4. The van der Waals surface area contributed by atoms with Crippen molar-refractivity contribution in [1.82, 2.24) is 10.3 Å². The Morgan fingerprint density at radius 3 is 3.11 bits per heavy atom. The van der Waals surface area contributed by atoms with Gasteiger partial charge in [0, 0.05) is 44.0 Å². The highest BCUT2D eigenvalue weighted by Gasteiger charge is 2.24. The summed E-state index contributed by atoms with van der Waals surface area (Å²) in [6, 6.07) is 4.63. The molecule has 1 saturated heterocycles. The Balaban J connectivity index is 2.03. The number of aromatic nitrogens is 1. The monoisotopic (exact) mass is 263 g/mol. The lowest BCUT2D eigenvalue weighted by atomic mass is 10.1. The molecule has 1 aromatic rings. The van der Waals surface area contributed by atoms with Gasteiger partial charge in [-0.3, -0.25) is 0 Å². The smallest absolute Gasteiger partial charge is 0.133 e. The zero-order chi connectivity index (χ0) is 13.7. The van der Waals surface area contributed by atoms with Gasteiger partial charge in [0.2, 0.25) is 0 Å². The average molecular weight is 263 g/mol. The third kappa shape index (κ3) is 3.91. The van der Waals surface area contributed by atoms with E-state index in [1.807, 2.05) is 12.3 Å². The SMILES string of the molecule is CC(C)NCc1cccnc1N1CCC(CCO)C1. The zero-order valence-electron chi connectivity index (χ0n) is 12.0. The van der Waals surface area contributed by atoms with Crippen LogP contribution < -0.4 is 10.2 Å². The van der Waals surface area contributed by atoms with Gasteiger partial charge < -0.3 is 15.3 Å². The summed E-state index contributed by atoms with van der Waals surface area (Å²) in [5.41, 5.74) is 1.26. The van der Waals surface area contributed by atoms with E-state index in [9.17, 15) is 0 Å². The summed E-state index contributed by atoms with van der Waals surface area (Å²) in [5, 5.41) is 12.5. The van der Waals surface area contributed by atoms with Crippen molar-refractivity contribution >= 4 is 5.82 Å². The molecule has 2 rings (SSSR count). The molecule has 0 amide bonds. The minimum Gasteiger partial charge on any atom is -0.396 e. The van der Waals surface area contributed by atoms with E-state index in [1.54, 1.807) is 0 Å². The van der Waals surface area contributed by atoms with Crippen molar-refractivity contribution in [2.75, 3.05) is 24.6 Å². The van der Waals surface area contributed by atoms with Crippen LogP contribution in [0.5, 0.6) is 0 Å². The molecule has 1 aromatic heterocycles. The van der Waals surface area contributed by atoms with Crippen molar-refractivity contribution in [2.24, 2.45) is 5.92 Å². The Morgan fingerprint density at radius 1 is 1.53 bits per heavy atom. The first-order valence-electron chi connectivity index (χ1n) is 7.23. The number of aliphatic hydroxyl groups is 1. The molecule has 4 heteroatoms. The molecular weight excluding hydrogens is 238 g/mol. The number of rotatable bonds is 6. The first-order valence-corrected chi connectivity index (χ1v) is 7.23. The van der Waals surface area contributed by atoms with Crippen LogP contribution in [0.15, 0.2) is 18.3 Å². The van der Waals surface area contributed by atoms with E-state index in [2.05, 4.69) is 35.1 Å². The third-order valence-electron chi connectivity index (χ3n) is 3.69. The van der Waals surface area contributed by atoms with Crippen LogP contribution >= 0.6 is 0 Å². The molecule has 2 N–H and O–H groups in total. The molecule has 1 atom stereocenters. The van der Waals surface area contributed by atoms with Crippen LogP contribution in [0.2, 0.25) is 0 Å². The van der Waals surface area contributed by atoms with E-state index < -0.39 is 0 Å². The Bertz CT molecular complexity index is 395. The lowest BCUT2D eigenvalue weighted by Gasteiger charge is -2.21. The Morgan fingerprint density at radius 2 is 2.37 bits per heavy atom. The predicted octanol–water partition coefficient (Wildman–Crippen LogP) is 1.79. The van der Waals surface area contributed by atoms with Gasteiger partial charge in [0.1, 0.15) is 5.82 Å². The number of nitrogens with zero attached hydrogens (tertiary/aromatic N) is 2. The molecule has 0 bridgehead atoms. The second-order valence-electron chi connectivity index (χ2n) is 5.63. The topological polar surface area (TPSA) is 48.4 Å². The van der Waals surface area contributed by atoms with Crippen LogP contribution in [0, 0.1) is 5.92 Å². The Labute approximate surface area is 115 Å². The molecule has 0 saturated carbocycles. The number of pyridine rings is 1. The fraction of sp³-hybridized carbons (Fsp3) is 0.667. The van der Waals surface area contributed by atoms with Crippen LogP contribution in [0.25, 0.3) is 0 Å². The fourth-order valence-electron chi connectivity index (χ4n) is 2.61. The van der Waals surface area contributed by atoms with Crippen LogP contribution in [0.4, 0.5) is 5.82 Å². The van der Waals surface area contributed by atoms with Crippen molar-refractivity contribution in [3.05, 3.63) is 23.9 Å². The maximum atomic E-state index is 9.04. The van der Waals surface area contributed by atoms with Gasteiger partial charge in [-0.15, -0.1) is 0 Å². The molecule has 2 heterocycles. The molecule has 0 aromatic carbocycles. The van der Waals surface area contributed by atoms with E-state index in [-0.39, 0.29) is 0 Å². The molecule has 4 nitrogen and oxygen atoms in total. The van der Waals surface area contributed by atoms with E-state index >= 15 is 0 Å². The van der Waals surface area contributed by atoms with Gasteiger partial charge in [-0.2, -0.15) is 0 Å². The van der Waals surface area contributed by atoms with Gasteiger partial charge in [0.15, 0.2) is 0 Å². The number of hydrogen-bond acceptors (Lipinski definition) is 4. The summed E-state index contributed by atoms with van der Waals surface area (Å²) in [4.78, 5) is 6.92. The highest BCUT2D eigenvalue weighted by molar-refractivity contribution is 5.47. The molecule has 0 aliphatic carbocycles. The molecule has 1 fully saturated rings. The second kappa shape index (κ2) is 6.87. The summed E-state index contributed by atoms with van der Waals surface area (Å²) in [7, 11) is 0. The summed E-state index contributed by atoms with van der Waals surface area (Å²) in [5.74, 6) is 1.72. The van der Waals surface area contributed by atoms with Crippen molar-refractivity contribution in [2.45, 2.75) is 39.3 Å². The van der Waals surface area contributed by atoms with E-state index in [0.717, 1.165) is 38.3 Å². The van der Waals surface area contributed by atoms with Crippen LogP contribution in [-0.4, -0.2) is 35.8 Å². The third-order valence-corrected chi connectivity index (χ3v) is 3.69. The number of nitrogens with one attached hydrogen (secondary N) is 1. The van der Waals surface area contributed by atoms with Gasteiger partial charge in [0.25, 0.3) is 0 Å². The Hall–Kier alpha value is -1.13. The molecular formula is C15H25N3O. The fourth-order valence-corrected chi connectivity index (χ4v) is 2.61. The molecule has 106 valence electrons. The molecule has 0 spiro atoms. The predicted molar refractivity (Wildman–Crippen MR) is 78.2 cm³/mol. The van der Waals surface area contributed by atoms with Crippen molar-refractivity contribution in [3.63, 3.8) is 0 Å². The highest BCUT2D eigenvalue weighted by atomic mass is 16.3. The average Bonchev–Trinajstić information content (AvgIpc) is 2.85. The summed E-state index contributed by atoms with van der Waals surface area (Å²) >= 11 is 0. The maximum absolute atomic E-state index is 9.04. The van der Waals surface area contributed by atoms with Crippen molar-refractivity contribution < 1.29 is 5.11 Å². The standard InChI is InChI=1S/C15H25N3O/c1-12(2)17-10-14-4-3-7-16-15(14)18-8-5-13(11-18)6-9-19/h3-4,7,12-13,17,19H,5-6,8-11H2,1-2H3. The lowest BCUT2D eigenvalue weighted by Crippen LogP contribution is -2.26. The van der Waals surface area contributed by atoms with E-state index in [0.29, 0.717) is 18.6 Å². The van der Waals surface area contributed by atoms with Gasteiger partial charge in [-0.25, -0.2) is 4.98 Å². The lowest BCUT2D eigenvalue weighted by molar-refractivity contribution is 0.263. The molecule has 1 aliphatic heterocycles. The minimum absolute atomic E-state index is 0.294. The molecule has 19 heavy (non-hydrogen) atoms. The number of hydrogen-bond donors (Lipinski definition) is 2. The molecule has 0 radical (unpaired) electrons. The second-order valence-corrected chi connectivity index (χ2v) is 5.63.